The lowest BCUT2D eigenvalue weighted by atomic mass is 9.95. The van der Waals surface area contributed by atoms with Gasteiger partial charge in [-0.05, 0) is 37.5 Å². The topological polar surface area (TPSA) is 71.3 Å². The molecule has 1 aliphatic rings. The quantitative estimate of drug-likeness (QED) is 0.698. The van der Waals surface area contributed by atoms with Crippen molar-refractivity contribution in [3.05, 3.63) is 34.8 Å². The molecule has 4 heterocycles. The maximum absolute atomic E-state index is 7.68. The van der Waals surface area contributed by atoms with Crippen LogP contribution in [0, 0.1) is 13.5 Å². The van der Waals surface area contributed by atoms with E-state index in [-0.39, 0.29) is 6.04 Å². The van der Waals surface area contributed by atoms with Crippen LogP contribution in [0.15, 0.2) is 12.1 Å². The monoisotopic (exact) mass is 382 g/mol. The van der Waals surface area contributed by atoms with Crippen LogP contribution in [0.4, 0.5) is 5.82 Å². The van der Waals surface area contributed by atoms with Crippen molar-refractivity contribution in [2.75, 3.05) is 24.7 Å². The van der Waals surface area contributed by atoms with Gasteiger partial charge in [0.2, 0.25) is 0 Å². The highest BCUT2D eigenvalue weighted by Gasteiger charge is 2.33. The molecule has 0 aliphatic carbocycles. The average molecular weight is 382 g/mol. The Labute approximate surface area is 162 Å². The SMILES string of the molecule is [C-]#[N+]C(C)(C)c1cc(N2CCOC[C@H]2C)nc2c(-c3cc(C)[nH]n3)nsc12. The molecule has 0 saturated carbocycles. The molecule has 0 spiro atoms. The second kappa shape index (κ2) is 6.59. The van der Waals surface area contributed by atoms with Gasteiger partial charge in [-0.15, -0.1) is 0 Å². The van der Waals surface area contributed by atoms with Crippen molar-refractivity contribution in [3.63, 3.8) is 0 Å². The van der Waals surface area contributed by atoms with Crippen molar-refractivity contribution in [1.29, 1.82) is 0 Å². The average Bonchev–Trinajstić information content (AvgIpc) is 3.27. The molecule has 0 bridgehead atoms. The van der Waals surface area contributed by atoms with Crippen LogP contribution in [0.2, 0.25) is 0 Å². The standard InChI is InChI=1S/C19H22N6OS/c1-11-8-14(23-22-11)16-17-18(27-24-16)13(19(3,4)20-5)9-15(21-17)25-6-7-26-10-12(25)2/h8-9,12H,6-7,10H2,1-4H3,(H,22,23)/t12-/m1/s1. The summed E-state index contributed by atoms with van der Waals surface area (Å²) in [6.45, 7) is 17.8. The van der Waals surface area contributed by atoms with E-state index in [4.69, 9.17) is 16.3 Å². The number of rotatable bonds is 3. The zero-order chi connectivity index (χ0) is 19.2. The highest BCUT2D eigenvalue weighted by Crippen LogP contribution is 2.39. The third-order valence-electron chi connectivity index (χ3n) is 4.96. The van der Waals surface area contributed by atoms with E-state index >= 15 is 0 Å². The Morgan fingerprint density at radius 2 is 2.22 bits per heavy atom. The van der Waals surface area contributed by atoms with E-state index in [1.165, 1.54) is 11.5 Å². The molecule has 27 heavy (non-hydrogen) atoms. The molecule has 0 amide bonds. The Kier molecular flexibility index (Phi) is 4.36. The summed E-state index contributed by atoms with van der Waals surface area (Å²) >= 11 is 1.39. The molecule has 0 radical (unpaired) electrons. The number of fused-ring (bicyclic) bond motifs is 1. The number of anilines is 1. The summed E-state index contributed by atoms with van der Waals surface area (Å²) in [5.41, 5.74) is 3.65. The van der Waals surface area contributed by atoms with Gasteiger partial charge in [-0.3, -0.25) is 5.10 Å². The summed E-state index contributed by atoms with van der Waals surface area (Å²) in [5, 5.41) is 7.34. The predicted octanol–water partition coefficient (Wildman–Crippen LogP) is 3.77. The van der Waals surface area contributed by atoms with Crippen molar-refractivity contribution in [2.24, 2.45) is 0 Å². The van der Waals surface area contributed by atoms with Crippen molar-refractivity contribution in [2.45, 2.75) is 39.3 Å². The lowest BCUT2D eigenvalue weighted by Gasteiger charge is -2.34. The van der Waals surface area contributed by atoms with E-state index in [9.17, 15) is 0 Å². The molecule has 3 aromatic heterocycles. The summed E-state index contributed by atoms with van der Waals surface area (Å²) in [5.74, 6) is 0.874. The van der Waals surface area contributed by atoms with E-state index in [0.29, 0.717) is 13.2 Å². The third-order valence-corrected chi connectivity index (χ3v) is 5.83. The maximum atomic E-state index is 7.68. The van der Waals surface area contributed by atoms with Gasteiger partial charge in [-0.2, -0.15) is 9.47 Å². The number of aryl methyl sites for hydroxylation is 1. The zero-order valence-electron chi connectivity index (χ0n) is 15.9. The number of hydrogen-bond acceptors (Lipinski definition) is 6. The molecule has 0 aromatic carbocycles. The molecule has 1 fully saturated rings. The molecule has 7 nitrogen and oxygen atoms in total. The minimum absolute atomic E-state index is 0.232. The van der Waals surface area contributed by atoms with Crippen molar-refractivity contribution < 1.29 is 4.74 Å². The van der Waals surface area contributed by atoms with Gasteiger partial charge < -0.3 is 14.5 Å². The van der Waals surface area contributed by atoms with E-state index in [1.54, 1.807) is 0 Å². The molecule has 140 valence electrons. The first-order chi connectivity index (χ1) is 12.9. The molecule has 0 unspecified atom stereocenters. The number of aromatic amines is 1. The van der Waals surface area contributed by atoms with Gasteiger partial charge in [-0.25, -0.2) is 11.6 Å². The smallest absolute Gasteiger partial charge is 0.253 e. The second-order valence-corrected chi connectivity index (χ2v) is 8.23. The highest BCUT2D eigenvalue weighted by molar-refractivity contribution is 7.13. The summed E-state index contributed by atoms with van der Waals surface area (Å²) in [4.78, 5) is 11.1. The van der Waals surface area contributed by atoms with Gasteiger partial charge in [-0.1, -0.05) is 0 Å². The lowest BCUT2D eigenvalue weighted by Crippen LogP contribution is -2.44. The Morgan fingerprint density at radius 1 is 1.41 bits per heavy atom. The summed E-state index contributed by atoms with van der Waals surface area (Å²) < 4.78 is 11.2. The number of morpholine rings is 1. The molecular formula is C19H22N6OS. The van der Waals surface area contributed by atoms with Crippen LogP contribution >= 0.6 is 11.5 Å². The molecule has 1 aliphatic heterocycles. The van der Waals surface area contributed by atoms with Crippen LogP contribution in [-0.4, -0.2) is 45.4 Å². The van der Waals surface area contributed by atoms with E-state index < -0.39 is 5.54 Å². The van der Waals surface area contributed by atoms with Gasteiger partial charge in [0.05, 0.1) is 29.5 Å². The van der Waals surface area contributed by atoms with Gasteiger partial charge in [0, 0.05) is 26.1 Å². The van der Waals surface area contributed by atoms with Gasteiger partial charge >= 0.3 is 0 Å². The van der Waals surface area contributed by atoms with Crippen LogP contribution < -0.4 is 4.90 Å². The van der Waals surface area contributed by atoms with Crippen molar-refractivity contribution >= 4 is 27.6 Å². The number of H-pyrrole nitrogens is 1. The first-order valence-electron chi connectivity index (χ1n) is 8.97. The molecule has 1 N–H and O–H groups in total. The summed E-state index contributed by atoms with van der Waals surface area (Å²) in [6, 6.07) is 4.26. The van der Waals surface area contributed by atoms with Crippen molar-refractivity contribution in [1.82, 2.24) is 19.6 Å². The van der Waals surface area contributed by atoms with E-state index in [2.05, 4.69) is 37.3 Å². The number of nitrogens with one attached hydrogen (secondary N) is 1. The first-order valence-corrected chi connectivity index (χ1v) is 9.74. The number of ether oxygens (including phenoxy) is 1. The molecule has 1 atom stereocenters. The molecule has 3 aromatic rings. The van der Waals surface area contributed by atoms with Crippen LogP contribution in [0.1, 0.15) is 32.0 Å². The Balaban J connectivity index is 1.95. The minimum Gasteiger partial charge on any atom is -0.377 e. The molecule has 1 saturated heterocycles. The second-order valence-electron chi connectivity index (χ2n) is 7.46. The predicted molar refractivity (Wildman–Crippen MR) is 107 cm³/mol. The summed E-state index contributed by atoms with van der Waals surface area (Å²) in [6.07, 6.45) is 0. The van der Waals surface area contributed by atoms with Crippen LogP contribution in [-0.2, 0) is 10.3 Å². The van der Waals surface area contributed by atoms with Crippen LogP contribution in [0.3, 0.4) is 0 Å². The third kappa shape index (κ3) is 3.07. The Hall–Kier alpha value is -2.50. The molecule has 4 rings (SSSR count). The fourth-order valence-corrected chi connectivity index (χ4v) is 4.34. The van der Waals surface area contributed by atoms with Crippen LogP contribution in [0.25, 0.3) is 26.4 Å². The lowest BCUT2D eigenvalue weighted by molar-refractivity contribution is 0.0985. The van der Waals surface area contributed by atoms with Crippen molar-refractivity contribution in [3.8, 4) is 11.4 Å². The van der Waals surface area contributed by atoms with Crippen LogP contribution in [0.5, 0.6) is 0 Å². The normalized spacial score (nSPS) is 18.0. The van der Waals surface area contributed by atoms with Gasteiger partial charge in [0.15, 0.2) is 0 Å². The number of nitrogens with zero attached hydrogens (tertiary/aromatic N) is 5. The first kappa shape index (κ1) is 17.9. The van der Waals surface area contributed by atoms with E-state index in [0.717, 1.165) is 45.2 Å². The fourth-order valence-electron chi connectivity index (χ4n) is 3.34. The highest BCUT2D eigenvalue weighted by atomic mass is 32.1. The Bertz CT molecular complexity index is 1030. The summed E-state index contributed by atoms with van der Waals surface area (Å²) in [7, 11) is 0. The molecule has 8 heteroatoms. The van der Waals surface area contributed by atoms with Gasteiger partial charge in [0.25, 0.3) is 5.54 Å². The number of aromatic nitrogens is 4. The molecular weight excluding hydrogens is 360 g/mol. The van der Waals surface area contributed by atoms with Gasteiger partial charge in [0.1, 0.15) is 22.7 Å². The fraction of sp³-hybridized carbons (Fsp3) is 0.474. The Morgan fingerprint density at radius 3 is 2.89 bits per heavy atom. The number of pyridine rings is 1. The zero-order valence-corrected chi connectivity index (χ0v) is 16.7. The number of hydrogen-bond donors (Lipinski definition) is 1. The largest absolute Gasteiger partial charge is 0.377 e. The van der Waals surface area contributed by atoms with E-state index in [1.807, 2.05) is 26.8 Å². The maximum Gasteiger partial charge on any atom is 0.253 e. The minimum atomic E-state index is -0.656.